The van der Waals surface area contributed by atoms with Gasteiger partial charge in [-0.2, -0.15) is 0 Å². The minimum atomic E-state index is -2.59. The Bertz CT molecular complexity index is 455. The first-order chi connectivity index (χ1) is 9.98. The van der Waals surface area contributed by atoms with Crippen molar-refractivity contribution in [3.8, 4) is 0 Å². The van der Waals surface area contributed by atoms with Gasteiger partial charge in [-0.3, -0.25) is 4.79 Å². The second-order valence-corrected chi connectivity index (χ2v) is 5.73. The summed E-state index contributed by atoms with van der Waals surface area (Å²) >= 11 is 0. The normalized spacial score (nSPS) is 20.0. The SMILES string of the molecule is NC(CCNC(=O)C1CCC(F)(F)CC1)c1ccccc1. The van der Waals surface area contributed by atoms with Gasteiger partial charge >= 0.3 is 0 Å². The maximum absolute atomic E-state index is 13.0. The summed E-state index contributed by atoms with van der Waals surface area (Å²) < 4.78 is 26.1. The molecule has 0 saturated heterocycles. The molecule has 0 heterocycles. The van der Waals surface area contributed by atoms with E-state index in [9.17, 15) is 13.6 Å². The lowest BCUT2D eigenvalue weighted by Gasteiger charge is -2.27. The van der Waals surface area contributed by atoms with Gasteiger partial charge in [-0.15, -0.1) is 0 Å². The zero-order valence-corrected chi connectivity index (χ0v) is 12.0. The summed E-state index contributed by atoms with van der Waals surface area (Å²) in [6.45, 7) is 0.474. The second-order valence-electron chi connectivity index (χ2n) is 5.73. The van der Waals surface area contributed by atoms with Crippen LogP contribution in [0.1, 0.15) is 43.7 Å². The van der Waals surface area contributed by atoms with Gasteiger partial charge in [0.2, 0.25) is 11.8 Å². The van der Waals surface area contributed by atoms with Crippen molar-refractivity contribution in [1.29, 1.82) is 0 Å². The van der Waals surface area contributed by atoms with Crippen molar-refractivity contribution in [3.05, 3.63) is 35.9 Å². The van der Waals surface area contributed by atoms with Crippen molar-refractivity contribution in [1.82, 2.24) is 5.32 Å². The standard InChI is InChI=1S/C16H22F2N2O/c17-16(18)9-6-13(7-10-16)15(21)20-11-8-14(19)12-4-2-1-3-5-12/h1-5,13-14H,6-11,19H2,(H,20,21). The molecule has 0 bridgehead atoms. The molecular formula is C16H22F2N2O. The molecule has 1 saturated carbocycles. The van der Waals surface area contributed by atoms with Crippen LogP contribution < -0.4 is 11.1 Å². The minimum Gasteiger partial charge on any atom is -0.356 e. The van der Waals surface area contributed by atoms with E-state index in [0.717, 1.165) is 5.56 Å². The van der Waals surface area contributed by atoms with Gasteiger partial charge in [0.05, 0.1) is 0 Å². The third-order valence-corrected chi connectivity index (χ3v) is 4.07. The molecule has 1 atom stereocenters. The van der Waals surface area contributed by atoms with Gasteiger partial charge in [0, 0.05) is 31.3 Å². The van der Waals surface area contributed by atoms with Gasteiger partial charge in [0.25, 0.3) is 0 Å². The second kappa shape index (κ2) is 6.98. The van der Waals surface area contributed by atoms with Gasteiger partial charge in [0.1, 0.15) is 0 Å². The first-order valence-corrected chi connectivity index (χ1v) is 7.44. The van der Waals surface area contributed by atoms with Crippen LogP contribution in [-0.4, -0.2) is 18.4 Å². The predicted molar refractivity (Wildman–Crippen MR) is 77.9 cm³/mol. The maximum atomic E-state index is 13.0. The number of alkyl halides is 2. The molecule has 1 aromatic carbocycles. The topological polar surface area (TPSA) is 55.1 Å². The van der Waals surface area contributed by atoms with Gasteiger partial charge in [-0.05, 0) is 24.8 Å². The summed E-state index contributed by atoms with van der Waals surface area (Å²) in [6.07, 6.45) is 0.801. The average Bonchev–Trinajstić information content (AvgIpc) is 2.47. The Morgan fingerprint density at radius 2 is 1.90 bits per heavy atom. The molecule has 0 aliphatic heterocycles. The lowest BCUT2D eigenvalue weighted by Crippen LogP contribution is -2.37. The van der Waals surface area contributed by atoms with E-state index in [-0.39, 0.29) is 43.6 Å². The Morgan fingerprint density at radius 3 is 2.52 bits per heavy atom. The van der Waals surface area contributed by atoms with Crippen LogP contribution >= 0.6 is 0 Å². The molecule has 1 aliphatic carbocycles. The number of amides is 1. The molecule has 3 N–H and O–H groups in total. The number of hydrogen-bond acceptors (Lipinski definition) is 2. The molecule has 3 nitrogen and oxygen atoms in total. The Labute approximate surface area is 123 Å². The zero-order chi connectivity index (χ0) is 15.3. The Morgan fingerprint density at radius 1 is 1.29 bits per heavy atom. The Hall–Kier alpha value is -1.49. The van der Waals surface area contributed by atoms with E-state index >= 15 is 0 Å². The highest BCUT2D eigenvalue weighted by molar-refractivity contribution is 5.78. The quantitative estimate of drug-likeness (QED) is 0.877. The van der Waals surface area contributed by atoms with Crippen molar-refractivity contribution >= 4 is 5.91 Å². The van der Waals surface area contributed by atoms with Crippen molar-refractivity contribution in [2.75, 3.05) is 6.54 Å². The molecule has 2 rings (SSSR count). The van der Waals surface area contributed by atoms with Crippen LogP contribution in [0.5, 0.6) is 0 Å². The molecule has 1 aliphatic rings. The third-order valence-electron chi connectivity index (χ3n) is 4.07. The Balaban J connectivity index is 1.70. The summed E-state index contributed by atoms with van der Waals surface area (Å²) in [4.78, 5) is 11.9. The van der Waals surface area contributed by atoms with Crippen LogP contribution in [0.4, 0.5) is 8.78 Å². The van der Waals surface area contributed by atoms with Crippen LogP contribution in [0.15, 0.2) is 30.3 Å². The van der Waals surface area contributed by atoms with Crippen LogP contribution in [0.25, 0.3) is 0 Å². The van der Waals surface area contributed by atoms with E-state index < -0.39 is 5.92 Å². The first-order valence-electron chi connectivity index (χ1n) is 7.44. The summed E-state index contributed by atoms with van der Waals surface area (Å²) in [5.74, 6) is -2.99. The molecule has 0 radical (unpaired) electrons. The number of rotatable bonds is 5. The number of nitrogens with one attached hydrogen (secondary N) is 1. The zero-order valence-electron chi connectivity index (χ0n) is 12.0. The monoisotopic (exact) mass is 296 g/mol. The lowest BCUT2D eigenvalue weighted by molar-refractivity contribution is -0.129. The number of halogens is 2. The van der Waals surface area contributed by atoms with E-state index in [0.29, 0.717) is 13.0 Å². The third kappa shape index (κ3) is 4.77. The molecule has 1 unspecified atom stereocenters. The lowest BCUT2D eigenvalue weighted by atomic mass is 9.86. The largest absolute Gasteiger partial charge is 0.356 e. The maximum Gasteiger partial charge on any atom is 0.248 e. The number of carbonyl (C=O) groups excluding carboxylic acids is 1. The number of carbonyl (C=O) groups is 1. The summed E-state index contributed by atoms with van der Waals surface area (Å²) in [6, 6.07) is 9.57. The van der Waals surface area contributed by atoms with Crippen molar-refractivity contribution in [3.63, 3.8) is 0 Å². The summed E-state index contributed by atoms with van der Waals surface area (Å²) in [5.41, 5.74) is 7.08. The highest BCUT2D eigenvalue weighted by Gasteiger charge is 2.37. The first kappa shape index (κ1) is 15.9. The van der Waals surface area contributed by atoms with Crippen LogP contribution in [0.2, 0.25) is 0 Å². The van der Waals surface area contributed by atoms with E-state index in [2.05, 4.69) is 5.32 Å². The highest BCUT2D eigenvalue weighted by atomic mass is 19.3. The van der Waals surface area contributed by atoms with Gasteiger partial charge in [-0.1, -0.05) is 30.3 Å². The molecule has 1 fully saturated rings. The molecule has 0 aromatic heterocycles. The molecule has 5 heteroatoms. The average molecular weight is 296 g/mol. The van der Waals surface area contributed by atoms with Crippen LogP contribution in [0, 0.1) is 5.92 Å². The van der Waals surface area contributed by atoms with Crippen molar-refractivity contribution < 1.29 is 13.6 Å². The molecule has 1 amide bonds. The van der Waals surface area contributed by atoms with E-state index in [1.54, 1.807) is 0 Å². The van der Waals surface area contributed by atoms with Gasteiger partial charge < -0.3 is 11.1 Å². The summed E-state index contributed by atoms with van der Waals surface area (Å²) in [5, 5.41) is 2.82. The fraction of sp³-hybridized carbons (Fsp3) is 0.562. The molecule has 0 spiro atoms. The molecule has 1 aromatic rings. The van der Waals surface area contributed by atoms with E-state index in [1.165, 1.54) is 0 Å². The molecule has 21 heavy (non-hydrogen) atoms. The van der Waals surface area contributed by atoms with Gasteiger partial charge in [-0.25, -0.2) is 8.78 Å². The summed E-state index contributed by atoms with van der Waals surface area (Å²) in [7, 11) is 0. The van der Waals surface area contributed by atoms with Gasteiger partial charge in [0.15, 0.2) is 0 Å². The highest BCUT2D eigenvalue weighted by Crippen LogP contribution is 2.36. The van der Waals surface area contributed by atoms with E-state index in [1.807, 2.05) is 30.3 Å². The van der Waals surface area contributed by atoms with E-state index in [4.69, 9.17) is 5.73 Å². The number of benzene rings is 1. The van der Waals surface area contributed by atoms with Crippen molar-refractivity contribution in [2.24, 2.45) is 11.7 Å². The fourth-order valence-corrected chi connectivity index (χ4v) is 2.66. The molecular weight excluding hydrogens is 274 g/mol. The minimum absolute atomic E-state index is 0.120. The smallest absolute Gasteiger partial charge is 0.248 e. The number of nitrogens with two attached hydrogens (primary N) is 1. The van der Waals surface area contributed by atoms with Crippen molar-refractivity contribution in [2.45, 2.75) is 44.1 Å². The molecule has 116 valence electrons. The van der Waals surface area contributed by atoms with Crippen LogP contribution in [-0.2, 0) is 4.79 Å². The fourth-order valence-electron chi connectivity index (χ4n) is 2.66. The predicted octanol–water partition coefficient (Wildman–Crippen LogP) is 3.02. The Kier molecular flexibility index (Phi) is 5.28. The number of hydrogen-bond donors (Lipinski definition) is 2. The van der Waals surface area contributed by atoms with Crippen LogP contribution in [0.3, 0.4) is 0 Å².